The van der Waals surface area contributed by atoms with Crippen LogP contribution in [0.3, 0.4) is 0 Å². The molecule has 1 N–H and O–H groups in total. The van der Waals surface area contributed by atoms with Crippen molar-refractivity contribution in [2.24, 2.45) is 5.92 Å². The third kappa shape index (κ3) is 6.74. The second kappa shape index (κ2) is 11.4. The van der Waals surface area contributed by atoms with E-state index in [9.17, 15) is 13.2 Å². The molecule has 0 spiro atoms. The molecule has 1 unspecified atom stereocenters. The number of amides is 1. The summed E-state index contributed by atoms with van der Waals surface area (Å²) in [5.41, 5.74) is 1.46. The number of nitrogens with zero attached hydrogens (tertiary/aromatic N) is 1. The smallest absolute Gasteiger partial charge is 0.264 e. The Hall–Kier alpha value is -2.05. The Balaban J connectivity index is 2.23. The number of rotatable bonds is 11. The number of hydrogen-bond acceptors (Lipinski definition) is 3. The summed E-state index contributed by atoms with van der Waals surface area (Å²) in [5.74, 6) is 0.0812. The van der Waals surface area contributed by atoms with Crippen LogP contribution in [0, 0.1) is 12.8 Å². The Bertz CT molecular complexity index is 912. The van der Waals surface area contributed by atoms with Gasteiger partial charge >= 0.3 is 0 Å². The number of carbonyl (C=O) groups is 1. The highest BCUT2D eigenvalue weighted by atomic mass is 35.5. The Labute approximate surface area is 185 Å². The van der Waals surface area contributed by atoms with Gasteiger partial charge < -0.3 is 5.32 Å². The predicted molar refractivity (Wildman–Crippen MR) is 123 cm³/mol. The second-order valence-corrected chi connectivity index (χ2v) is 9.82. The predicted octanol–water partition coefficient (Wildman–Crippen LogP) is 5.18. The third-order valence-electron chi connectivity index (χ3n) is 5.14. The molecule has 30 heavy (non-hydrogen) atoms. The summed E-state index contributed by atoms with van der Waals surface area (Å²) in [6.07, 6.45) is 4.27. The van der Waals surface area contributed by atoms with E-state index in [-0.39, 0.29) is 17.3 Å². The van der Waals surface area contributed by atoms with Crippen LogP contribution in [0.15, 0.2) is 53.4 Å². The SMILES string of the molecule is CCCCC(CC)CNC(=O)CN(c1ccc(C)cc1)S(=O)(=O)c1ccc(Cl)cc1. The van der Waals surface area contributed by atoms with Gasteiger partial charge in [0.05, 0.1) is 10.6 Å². The topological polar surface area (TPSA) is 66.5 Å². The molecule has 5 nitrogen and oxygen atoms in total. The fourth-order valence-electron chi connectivity index (χ4n) is 3.15. The minimum absolute atomic E-state index is 0.0923. The van der Waals surface area contributed by atoms with Crippen LogP contribution in [-0.2, 0) is 14.8 Å². The lowest BCUT2D eigenvalue weighted by atomic mass is 9.99. The maximum atomic E-state index is 13.3. The van der Waals surface area contributed by atoms with Crippen molar-refractivity contribution in [1.29, 1.82) is 0 Å². The van der Waals surface area contributed by atoms with Gasteiger partial charge in [-0.25, -0.2) is 8.42 Å². The van der Waals surface area contributed by atoms with E-state index in [1.54, 1.807) is 12.1 Å². The van der Waals surface area contributed by atoms with Gasteiger partial charge in [-0.1, -0.05) is 62.4 Å². The van der Waals surface area contributed by atoms with E-state index < -0.39 is 10.0 Å². The molecule has 0 fully saturated rings. The van der Waals surface area contributed by atoms with Gasteiger partial charge in [-0.15, -0.1) is 0 Å². The molecule has 1 atom stereocenters. The molecule has 0 saturated heterocycles. The number of hydrogen-bond donors (Lipinski definition) is 1. The minimum atomic E-state index is -3.92. The lowest BCUT2D eigenvalue weighted by Crippen LogP contribution is -2.42. The zero-order valence-electron chi connectivity index (χ0n) is 17.9. The van der Waals surface area contributed by atoms with Crippen molar-refractivity contribution in [2.75, 3.05) is 17.4 Å². The number of halogens is 1. The number of aryl methyl sites for hydroxylation is 1. The zero-order chi connectivity index (χ0) is 22.1. The fraction of sp³-hybridized carbons (Fsp3) is 0.435. The maximum Gasteiger partial charge on any atom is 0.264 e. The number of sulfonamides is 1. The monoisotopic (exact) mass is 450 g/mol. The molecule has 1 amide bonds. The fourth-order valence-corrected chi connectivity index (χ4v) is 4.69. The first-order valence-corrected chi connectivity index (χ1v) is 12.2. The van der Waals surface area contributed by atoms with Crippen LogP contribution in [0.25, 0.3) is 0 Å². The summed E-state index contributed by atoms with van der Waals surface area (Å²) < 4.78 is 27.8. The molecule has 2 rings (SSSR count). The van der Waals surface area contributed by atoms with Crippen LogP contribution in [0.5, 0.6) is 0 Å². The first-order valence-electron chi connectivity index (χ1n) is 10.4. The summed E-state index contributed by atoms with van der Waals surface area (Å²) in [6.45, 7) is 6.45. The first kappa shape index (κ1) is 24.2. The molecule has 0 aliphatic heterocycles. The largest absolute Gasteiger partial charge is 0.354 e. The standard InChI is InChI=1S/C23H31ClN2O3S/c1-4-6-7-19(5-2)16-25-23(27)17-26(21-12-8-18(3)9-13-21)30(28,29)22-14-10-20(24)11-15-22/h8-15,19H,4-7,16-17H2,1-3H3,(H,25,27). The maximum absolute atomic E-state index is 13.3. The highest BCUT2D eigenvalue weighted by Crippen LogP contribution is 2.25. The van der Waals surface area contributed by atoms with Crippen molar-refractivity contribution in [2.45, 2.75) is 51.3 Å². The Morgan fingerprint density at radius 3 is 2.27 bits per heavy atom. The molecule has 2 aromatic carbocycles. The third-order valence-corrected chi connectivity index (χ3v) is 7.18. The van der Waals surface area contributed by atoms with E-state index in [1.165, 1.54) is 24.3 Å². The molecular formula is C23H31ClN2O3S. The molecule has 0 aliphatic carbocycles. The first-order chi connectivity index (χ1) is 14.3. The molecule has 0 aliphatic rings. The highest BCUT2D eigenvalue weighted by molar-refractivity contribution is 7.92. The summed E-state index contributed by atoms with van der Waals surface area (Å²) >= 11 is 5.91. The Morgan fingerprint density at radius 2 is 1.70 bits per heavy atom. The van der Waals surface area contributed by atoms with Gasteiger partial charge in [0.2, 0.25) is 5.91 Å². The molecule has 0 radical (unpaired) electrons. The van der Waals surface area contributed by atoms with Crippen molar-refractivity contribution in [3.8, 4) is 0 Å². The van der Waals surface area contributed by atoms with Crippen LogP contribution >= 0.6 is 11.6 Å². The number of carbonyl (C=O) groups excluding carboxylic acids is 1. The zero-order valence-corrected chi connectivity index (χ0v) is 19.5. The molecular weight excluding hydrogens is 420 g/mol. The van der Waals surface area contributed by atoms with Crippen molar-refractivity contribution >= 4 is 33.2 Å². The van der Waals surface area contributed by atoms with Gasteiger partial charge in [-0.05, 0) is 55.7 Å². The highest BCUT2D eigenvalue weighted by Gasteiger charge is 2.27. The van der Waals surface area contributed by atoms with Crippen molar-refractivity contribution < 1.29 is 13.2 Å². The summed E-state index contributed by atoms with van der Waals surface area (Å²) in [6, 6.07) is 13.1. The molecule has 2 aromatic rings. The number of anilines is 1. The van der Waals surface area contributed by atoms with Crippen molar-refractivity contribution in [1.82, 2.24) is 5.32 Å². The van der Waals surface area contributed by atoms with Crippen LogP contribution in [0.1, 0.15) is 45.1 Å². The van der Waals surface area contributed by atoms with Gasteiger partial charge in [0.1, 0.15) is 6.54 Å². The molecule has 0 aromatic heterocycles. The summed E-state index contributed by atoms with van der Waals surface area (Å²) in [7, 11) is -3.92. The number of unbranched alkanes of at least 4 members (excludes halogenated alkanes) is 1. The molecule has 0 heterocycles. The molecule has 7 heteroatoms. The average Bonchev–Trinajstić information content (AvgIpc) is 2.73. The van der Waals surface area contributed by atoms with E-state index in [1.807, 2.05) is 19.1 Å². The van der Waals surface area contributed by atoms with E-state index in [0.717, 1.165) is 35.6 Å². The lowest BCUT2D eigenvalue weighted by Gasteiger charge is -2.25. The normalized spacial score (nSPS) is 12.4. The van der Waals surface area contributed by atoms with Gasteiger partial charge in [0.15, 0.2) is 0 Å². The van der Waals surface area contributed by atoms with Crippen molar-refractivity contribution in [3.05, 3.63) is 59.1 Å². The minimum Gasteiger partial charge on any atom is -0.354 e. The van der Waals surface area contributed by atoms with Crippen LogP contribution in [0.2, 0.25) is 5.02 Å². The lowest BCUT2D eigenvalue weighted by molar-refractivity contribution is -0.119. The van der Waals surface area contributed by atoms with E-state index >= 15 is 0 Å². The quantitative estimate of drug-likeness (QED) is 0.513. The van der Waals surface area contributed by atoms with E-state index in [4.69, 9.17) is 11.6 Å². The second-order valence-electron chi connectivity index (χ2n) is 7.52. The summed E-state index contributed by atoms with van der Waals surface area (Å²) in [5, 5.41) is 3.37. The van der Waals surface area contributed by atoms with Crippen LogP contribution in [0.4, 0.5) is 5.69 Å². The Morgan fingerprint density at radius 1 is 1.07 bits per heavy atom. The average molecular weight is 451 g/mol. The van der Waals surface area contributed by atoms with E-state index in [0.29, 0.717) is 23.2 Å². The van der Waals surface area contributed by atoms with E-state index in [2.05, 4.69) is 19.2 Å². The summed E-state index contributed by atoms with van der Waals surface area (Å²) in [4.78, 5) is 12.8. The van der Waals surface area contributed by atoms with Crippen LogP contribution < -0.4 is 9.62 Å². The number of benzene rings is 2. The number of nitrogens with one attached hydrogen (secondary N) is 1. The van der Waals surface area contributed by atoms with Gasteiger partial charge in [0.25, 0.3) is 10.0 Å². The van der Waals surface area contributed by atoms with Crippen molar-refractivity contribution in [3.63, 3.8) is 0 Å². The van der Waals surface area contributed by atoms with Crippen LogP contribution in [-0.4, -0.2) is 27.4 Å². The van der Waals surface area contributed by atoms with Gasteiger partial charge in [0, 0.05) is 11.6 Å². The molecule has 0 bridgehead atoms. The van der Waals surface area contributed by atoms with Gasteiger partial charge in [-0.3, -0.25) is 9.10 Å². The van der Waals surface area contributed by atoms with Gasteiger partial charge in [-0.2, -0.15) is 0 Å². The Kier molecular flexibility index (Phi) is 9.18. The molecule has 0 saturated carbocycles. The molecule has 164 valence electrons.